The lowest BCUT2D eigenvalue weighted by Gasteiger charge is -2.17. The van der Waals surface area contributed by atoms with Crippen molar-refractivity contribution in [2.45, 2.75) is 19.3 Å². The molecule has 0 aromatic rings. The maximum atomic E-state index is 11.5. The van der Waals surface area contributed by atoms with Crippen LogP contribution in [0.5, 0.6) is 0 Å². The smallest absolute Gasteiger partial charge is 0.226 e. The van der Waals surface area contributed by atoms with E-state index in [9.17, 15) is 16.8 Å². The van der Waals surface area contributed by atoms with Gasteiger partial charge in [-0.25, -0.2) is 21.6 Å². The zero-order valence-corrected chi connectivity index (χ0v) is 12.1. The Morgan fingerprint density at radius 1 is 1.18 bits per heavy atom. The van der Waals surface area contributed by atoms with Gasteiger partial charge in [-0.3, -0.25) is 0 Å². The van der Waals surface area contributed by atoms with Gasteiger partial charge < -0.3 is 0 Å². The Bertz CT molecular complexity index is 446. The van der Waals surface area contributed by atoms with E-state index in [-0.39, 0.29) is 12.5 Å². The first-order chi connectivity index (χ1) is 7.73. The number of alkyl halides is 1. The highest BCUT2D eigenvalue weighted by molar-refractivity contribution is 8.06. The molecule has 5 nitrogen and oxygen atoms in total. The number of hydrogen-bond donors (Lipinski definition) is 1. The van der Waals surface area contributed by atoms with E-state index >= 15 is 0 Å². The Morgan fingerprint density at radius 3 is 2.29 bits per heavy atom. The fraction of sp³-hybridized carbons (Fsp3) is 1.00. The number of hydrogen-bond acceptors (Lipinski definition) is 4. The predicted molar refractivity (Wildman–Crippen MR) is 68.2 cm³/mol. The maximum Gasteiger partial charge on any atom is 0.226 e. The van der Waals surface area contributed by atoms with Gasteiger partial charge >= 0.3 is 0 Å². The molecule has 0 aliphatic heterocycles. The lowest BCUT2D eigenvalue weighted by molar-refractivity contribution is 0.419. The maximum absolute atomic E-state index is 11.5. The van der Waals surface area contributed by atoms with Gasteiger partial charge in [0.2, 0.25) is 10.0 Å². The van der Waals surface area contributed by atoms with Gasteiger partial charge in [-0.15, -0.1) is 11.6 Å². The summed E-state index contributed by atoms with van der Waals surface area (Å²) in [6.45, 7) is 0.287. The Morgan fingerprint density at radius 2 is 1.76 bits per heavy atom. The normalized spacial score (nSPS) is 26.2. The molecule has 0 amide bonds. The lowest BCUT2D eigenvalue weighted by atomic mass is 9.98. The highest BCUT2D eigenvalue weighted by Gasteiger charge is 2.28. The van der Waals surface area contributed by atoms with Crippen molar-refractivity contribution in [1.29, 1.82) is 0 Å². The largest absolute Gasteiger partial charge is 0.228 e. The zero-order chi connectivity index (χ0) is 13.1. The third kappa shape index (κ3) is 5.54. The molecular formula is C9H18ClNO4S2. The monoisotopic (exact) mass is 303 g/mol. The molecule has 0 spiro atoms. The van der Waals surface area contributed by atoms with Crippen molar-refractivity contribution < 1.29 is 16.8 Å². The minimum atomic E-state index is -3.74. The van der Waals surface area contributed by atoms with E-state index in [4.69, 9.17) is 11.6 Å². The molecule has 2 unspecified atom stereocenters. The molecule has 1 saturated carbocycles. The standard InChI is InChI=1S/C9H18ClNO4S2/c1-16(12,13)7-17(14,15)11-6-9-4-2-3-8(9)5-10/h8-9,11H,2-7H2,1H3. The van der Waals surface area contributed by atoms with E-state index in [0.717, 1.165) is 25.5 Å². The Kier molecular flexibility index (Phi) is 5.24. The van der Waals surface area contributed by atoms with Gasteiger partial charge in [-0.1, -0.05) is 6.42 Å². The molecule has 1 aliphatic carbocycles. The molecule has 8 heteroatoms. The van der Waals surface area contributed by atoms with Crippen LogP contribution >= 0.6 is 11.6 Å². The molecule has 1 rings (SSSR count). The molecule has 1 aliphatic rings. The van der Waals surface area contributed by atoms with Gasteiger partial charge in [-0.05, 0) is 24.7 Å². The Balaban J connectivity index is 2.50. The van der Waals surface area contributed by atoms with Crippen LogP contribution in [0.4, 0.5) is 0 Å². The average molecular weight is 304 g/mol. The molecule has 102 valence electrons. The van der Waals surface area contributed by atoms with E-state index < -0.39 is 24.9 Å². The summed E-state index contributed by atoms with van der Waals surface area (Å²) in [5.74, 6) is 1.08. The van der Waals surface area contributed by atoms with Gasteiger partial charge in [0.05, 0.1) is 0 Å². The Labute approximate surface area is 108 Å². The summed E-state index contributed by atoms with van der Waals surface area (Å²) in [7, 11) is -7.26. The van der Waals surface area contributed by atoms with Crippen LogP contribution in [0.1, 0.15) is 19.3 Å². The highest BCUT2D eigenvalue weighted by Crippen LogP contribution is 2.32. The van der Waals surface area contributed by atoms with Crippen LogP contribution in [0, 0.1) is 11.8 Å². The van der Waals surface area contributed by atoms with Crippen molar-refractivity contribution in [3.8, 4) is 0 Å². The molecule has 0 heterocycles. The summed E-state index contributed by atoms with van der Waals surface area (Å²) >= 11 is 5.79. The van der Waals surface area contributed by atoms with Gasteiger partial charge in [0.25, 0.3) is 0 Å². The molecular weight excluding hydrogens is 286 g/mol. The lowest BCUT2D eigenvalue weighted by Crippen LogP contribution is -2.34. The van der Waals surface area contributed by atoms with E-state index in [1.54, 1.807) is 0 Å². The third-order valence-corrected chi connectivity index (χ3v) is 6.91. The zero-order valence-electron chi connectivity index (χ0n) is 9.72. The second-order valence-electron chi connectivity index (χ2n) is 4.61. The third-order valence-electron chi connectivity index (χ3n) is 2.95. The summed E-state index contributed by atoms with van der Waals surface area (Å²) in [5, 5.41) is -0.849. The van der Waals surface area contributed by atoms with Crippen LogP contribution in [-0.2, 0) is 19.9 Å². The summed E-state index contributed by atoms with van der Waals surface area (Å²) < 4.78 is 47.2. The van der Waals surface area contributed by atoms with E-state index in [1.165, 1.54) is 0 Å². The SMILES string of the molecule is CS(=O)(=O)CS(=O)(=O)NCC1CCCC1CCl. The quantitative estimate of drug-likeness (QED) is 0.727. The second kappa shape index (κ2) is 5.86. The van der Waals surface area contributed by atoms with Crippen LogP contribution < -0.4 is 4.72 Å². The highest BCUT2D eigenvalue weighted by atomic mass is 35.5. The molecule has 2 atom stereocenters. The number of sulfone groups is 1. The second-order valence-corrected chi connectivity index (χ2v) is 9.23. The van der Waals surface area contributed by atoms with E-state index in [0.29, 0.717) is 11.8 Å². The van der Waals surface area contributed by atoms with E-state index in [2.05, 4.69) is 4.72 Å². The van der Waals surface area contributed by atoms with Gasteiger partial charge in [-0.2, -0.15) is 0 Å². The van der Waals surface area contributed by atoms with Gasteiger partial charge in [0.1, 0.15) is 0 Å². The Hall–Kier alpha value is 0.150. The molecule has 0 aromatic heterocycles. The minimum absolute atomic E-state index is 0.224. The van der Waals surface area contributed by atoms with Gasteiger partial charge in [0.15, 0.2) is 14.9 Å². The van der Waals surface area contributed by atoms with Crippen molar-refractivity contribution in [3.63, 3.8) is 0 Å². The number of nitrogens with one attached hydrogen (secondary N) is 1. The topological polar surface area (TPSA) is 80.3 Å². The molecule has 0 saturated heterocycles. The summed E-state index contributed by atoms with van der Waals surface area (Å²) in [4.78, 5) is 0. The summed E-state index contributed by atoms with van der Waals surface area (Å²) in [6, 6.07) is 0. The molecule has 0 bridgehead atoms. The molecule has 17 heavy (non-hydrogen) atoms. The van der Waals surface area contributed by atoms with Crippen LogP contribution in [-0.4, -0.2) is 40.6 Å². The fourth-order valence-corrected chi connectivity index (χ4v) is 5.61. The first-order valence-electron chi connectivity index (χ1n) is 5.44. The van der Waals surface area contributed by atoms with E-state index in [1.807, 2.05) is 0 Å². The molecule has 1 N–H and O–H groups in total. The van der Waals surface area contributed by atoms with Crippen molar-refractivity contribution in [2.24, 2.45) is 11.8 Å². The van der Waals surface area contributed by atoms with Crippen molar-refractivity contribution >= 4 is 31.5 Å². The fourth-order valence-electron chi connectivity index (χ4n) is 2.14. The first kappa shape index (κ1) is 15.2. The molecule has 0 aromatic carbocycles. The van der Waals surface area contributed by atoms with Crippen LogP contribution in [0.2, 0.25) is 0 Å². The van der Waals surface area contributed by atoms with Crippen molar-refractivity contribution in [1.82, 2.24) is 4.72 Å². The number of sulfonamides is 1. The number of halogens is 1. The average Bonchev–Trinajstić information content (AvgIpc) is 2.58. The van der Waals surface area contributed by atoms with Gasteiger partial charge in [0, 0.05) is 18.7 Å². The van der Waals surface area contributed by atoms with Crippen LogP contribution in [0.3, 0.4) is 0 Å². The number of rotatable bonds is 6. The first-order valence-corrected chi connectivity index (χ1v) is 9.69. The minimum Gasteiger partial charge on any atom is -0.228 e. The van der Waals surface area contributed by atoms with Crippen molar-refractivity contribution in [2.75, 3.05) is 23.8 Å². The summed E-state index contributed by atoms with van der Waals surface area (Å²) in [5.41, 5.74) is 0. The molecule has 1 fully saturated rings. The predicted octanol–water partition coefficient (Wildman–Crippen LogP) is 0.563. The molecule has 0 radical (unpaired) electrons. The summed E-state index contributed by atoms with van der Waals surface area (Å²) in [6.07, 6.45) is 3.92. The van der Waals surface area contributed by atoms with Crippen LogP contribution in [0.25, 0.3) is 0 Å². The van der Waals surface area contributed by atoms with Crippen LogP contribution in [0.15, 0.2) is 0 Å². The van der Waals surface area contributed by atoms with Crippen molar-refractivity contribution in [3.05, 3.63) is 0 Å².